The van der Waals surface area contributed by atoms with Gasteiger partial charge >= 0.3 is 0 Å². The first-order valence-corrected chi connectivity index (χ1v) is 8.78. The van der Waals surface area contributed by atoms with Crippen LogP contribution in [0.1, 0.15) is 26.2 Å². The van der Waals surface area contributed by atoms with Crippen molar-refractivity contribution >= 4 is 10.8 Å². The molecular weight excluding hydrogens is 268 g/mol. The third-order valence-electron chi connectivity index (χ3n) is 4.72. The lowest BCUT2D eigenvalue weighted by atomic mass is 9.93. The standard InChI is InChI=1S/C17H22O2S/c1-13-14-7-8-15(11-14)17(13)12-19-9-10-20(18)16-5-3-2-4-6-16/h2-6,14-15H,7-12H2,1H3/t14-,15+,20?/m0/s1. The van der Waals surface area contributed by atoms with Gasteiger partial charge in [-0.3, -0.25) is 4.21 Å². The maximum atomic E-state index is 12.1. The number of hydrogen-bond acceptors (Lipinski definition) is 2. The average molecular weight is 290 g/mol. The fourth-order valence-electron chi connectivity index (χ4n) is 3.51. The molecule has 1 unspecified atom stereocenters. The molecule has 0 heterocycles. The molecular formula is C17H22O2S. The van der Waals surface area contributed by atoms with Crippen molar-refractivity contribution in [3.63, 3.8) is 0 Å². The highest BCUT2D eigenvalue weighted by Gasteiger charge is 2.36. The van der Waals surface area contributed by atoms with Crippen molar-refractivity contribution in [3.8, 4) is 0 Å². The van der Waals surface area contributed by atoms with Crippen molar-refractivity contribution in [1.29, 1.82) is 0 Å². The number of benzene rings is 1. The fraction of sp³-hybridized carbons (Fsp3) is 0.529. The van der Waals surface area contributed by atoms with Crippen molar-refractivity contribution < 1.29 is 8.95 Å². The van der Waals surface area contributed by atoms with Crippen LogP contribution < -0.4 is 0 Å². The topological polar surface area (TPSA) is 26.3 Å². The highest BCUT2D eigenvalue weighted by Crippen LogP contribution is 2.48. The molecule has 2 aliphatic carbocycles. The molecule has 0 spiro atoms. The number of rotatable bonds is 6. The Kier molecular flexibility index (Phi) is 4.37. The summed E-state index contributed by atoms with van der Waals surface area (Å²) in [5.74, 6) is 2.20. The summed E-state index contributed by atoms with van der Waals surface area (Å²) in [6, 6.07) is 9.63. The Hall–Kier alpha value is -0.930. The molecule has 0 radical (unpaired) electrons. The predicted molar refractivity (Wildman–Crippen MR) is 82.1 cm³/mol. The van der Waals surface area contributed by atoms with Gasteiger partial charge < -0.3 is 4.74 Å². The molecule has 3 atom stereocenters. The number of fused-ring (bicyclic) bond motifs is 2. The zero-order valence-corrected chi connectivity index (χ0v) is 12.8. The van der Waals surface area contributed by atoms with E-state index < -0.39 is 10.8 Å². The van der Waals surface area contributed by atoms with E-state index in [-0.39, 0.29) is 0 Å². The summed E-state index contributed by atoms with van der Waals surface area (Å²) in [5.41, 5.74) is 3.11. The first-order valence-electron chi connectivity index (χ1n) is 7.46. The second kappa shape index (κ2) is 6.23. The Balaban J connectivity index is 1.44. The Labute approximate surface area is 123 Å². The van der Waals surface area contributed by atoms with E-state index in [1.165, 1.54) is 24.8 Å². The van der Waals surface area contributed by atoms with E-state index in [9.17, 15) is 4.21 Å². The van der Waals surface area contributed by atoms with E-state index in [0.29, 0.717) is 12.4 Å². The lowest BCUT2D eigenvalue weighted by molar-refractivity contribution is 0.166. The largest absolute Gasteiger partial charge is 0.376 e. The van der Waals surface area contributed by atoms with Crippen LogP contribution in [-0.2, 0) is 15.5 Å². The Morgan fingerprint density at radius 3 is 2.65 bits per heavy atom. The molecule has 0 aliphatic heterocycles. The van der Waals surface area contributed by atoms with Gasteiger partial charge in [0.25, 0.3) is 0 Å². The van der Waals surface area contributed by atoms with Crippen LogP contribution in [0.2, 0.25) is 0 Å². The maximum Gasteiger partial charge on any atom is 0.0682 e. The average Bonchev–Trinajstić information content (AvgIpc) is 3.06. The van der Waals surface area contributed by atoms with Gasteiger partial charge in [0.1, 0.15) is 0 Å². The molecule has 1 fully saturated rings. The summed E-state index contributed by atoms with van der Waals surface area (Å²) in [6.45, 7) is 3.60. The summed E-state index contributed by atoms with van der Waals surface area (Å²) >= 11 is 0. The van der Waals surface area contributed by atoms with Gasteiger partial charge in [-0.15, -0.1) is 0 Å². The van der Waals surface area contributed by atoms with Crippen LogP contribution in [-0.4, -0.2) is 23.2 Å². The van der Waals surface area contributed by atoms with Gasteiger partial charge in [0.2, 0.25) is 0 Å². The summed E-state index contributed by atoms with van der Waals surface area (Å²) < 4.78 is 17.8. The van der Waals surface area contributed by atoms with E-state index in [2.05, 4.69) is 6.92 Å². The molecule has 0 amide bonds. The van der Waals surface area contributed by atoms with Crippen molar-refractivity contribution in [2.24, 2.45) is 11.8 Å². The van der Waals surface area contributed by atoms with Crippen LogP contribution in [0.4, 0.5) is 0 Å². The van der Waals surface area contributed by atoms with Crippen LogP contribution in [0, 0.1) is 11.8 Å². The molecule has 1 saturated carbocycles. The van der Waals surface area contributed by atoms with Crippen LogP contribution in [0.5, 0.6) is 0 Å². The smallest absolute Gasteiger partial charge is 0.0682 e. The van der Waals surface area contributed by atoms with E-state index >= 15 is 0 Å². The summed E-state index contributed by atoms with van der Waals surface area (Å²) in [6.07, 6.45) is 4.06. The zero-order chi connectivity index (χ0) is 13.9. The molecule has 3 heteroatoms. The molecule has 2 nitrogen and oxygen atoms in total. The Morgan fingerprint density at radius 2 is 1.95 bits per heavy atom. The number of hydrogen-bond donors (Lipinski definition) is 0. The van der Waals surface area contributed by atoms with Gasteiger partial charge in [-0.1, -0.05) is 23.8 Å². The maximum absolute atomic E-state index is 12.1. The number of allylic oxidation sites excluding steroid dienone is 1. The van der Waals surface area contributed by atoms with Gasteiger partial charge in [0.15, 0.2) is 0 Å². The first-order chi connectivity index (χ1) is 9.75. The highest BCUT2D eigenvalue weighted by atomic mass is 32.2. The molecule has 1 aromatic carbocycles. The second-order valence-corrected chi connectivity index (χ2v) is 7.40. The second-order valence-electron chi connectivity index (χ2n) is 5.83. The molecule has 3 rings (SSSR count). The van der Waals surface area contributed by atoms with Crippen molar-refractivity contribution in [2.45, 2.75) is 31.1 Å². The van der Waals surface area contributed by atoms with Crippen molar-refractivity contribution in [1.82, 2.24) is 0 Å². The van der Waals surface area contributed by atoms with Gasteiger partial charge in [-0.2, -0.15) is 0 Å². The van der Waals surface area contributed by atoms with Crippen molar-refractivity contribution in [3.05, 3.63) is 41.5 Å². The third-order valence-corrected chi connectivity index (χ3v) is 6.06. The lowest BCUT2D eigenvalue weighted by Crippen LogP contribution is -2.12. The fourth-order valence-corrected chi connectivity index (χ4v) is 4.48. The minimum Gasteiger partial charge on any atom is -0.376 e. The molecule has 108 valence electrons. The SMILES string of the molecule is CC1=C(COCCS(=O)c2ccccc2)[C@@H]2CC[C@H]1C2. The quantitative estimate of drug-likeness (QED) is 0.591. The van der Waals surface area contributed by atoms with Crippen LogP contribution in [0.15, 0.2) is 46.4 Å². The van der Waals surface area contributed by atoms with Crippen LogP contribution in [0.3, 0.4) is 0 Å². The van der Waals surface area contributed by atoms with Gasteiger partial charge in [0, 0.05) is 4.90 Å². The van der Waals surface area contributed by atoms with Crippen LogP contribution >= 0.6 is 0 Å². The highest BCUT2D eigenvalue weighted by molar-refractivity contribution is 7.85. The third kappa shape index (κ3) is 2.89. The Bertz CT molecular complexity index is 521. The normalized spacial score (nSPS) is 26.2. The summed E-state index contributed by atoms with van der Waals surface area (Å²) in [7, 11) is -0.938. The molecule has 1 aromatic rings. The minimum atomic E-state index is -0.938. The van der Waals surface area contributed by atoms with E-state index in [1.54, 1.807) is 5.57 Å². The zero-order valence-electron chi connectivity index (χ0n) is 12.0. The van der Waals surface area contributed by atoms with E-state index in [1.807, 2.05) is 30.3 Å². The Morgan fingerprint density at radius 1 is 1.20 bits per heavy atom. The predicted octanol–water partition coefficient (Wildman–Crippen LogP) is 3.56. The summed E-state index contributed by atoms with van der Waals surface area (Å²) in [4.78, 5) is 0.895. The summed E-state index contributed by atoms with van der Waals surface area (Å²) in [5, 5.41) is 0. The van der Waals surface area contributed by atoms with Gasteiger partial charge in [0.05, 0.1) is 29.8 Å². The van der Waals surface area contributed by atoms with Crippen molar-refractivity contribution in [2.75, 3.05) is 19.0 Å². The van der Waals surface area contributed by atoms with E-state index in [0.717, 1.165) is 23.3 Å². The molecule has 2 aliphatic rings. The van der Waals surface area contributed by atoms with E-state index in [4.69, 9.17) is 4.74 Å². The first kappa shape index (κ1) is 14.0. The van der Waals surface area contributed by atoms with Crippen LogP contribution in [0.25, 0.3) is 0 Å². The minimum absolute atomic E-state index is 0.579. The molecule has 0 N–H and O–H groups in total. The molecule has 2 bridgehead atoms. The lowest BCUT2D eigenvalue weighted by Gasteiger charge is -2.17. The monoisotopic (exact) mass is 290 g/mol. The molecule has 0 saturated heterocycles. The molecule has 20 heavy (non-hydrogen) atoms. The molecule has 0 aromatic heterocycles. The number of ether oxygens (including phenoxy) is 1. The van der Waals surface area contributed by atoms with Gasteiger partial charge in [-0.05, 0) is 55.7 Å². The van der Waals surface area contributed by atoms with Gasteiger partial charge in [-0.25, -0.2) is 0 Å².